The number of β-lactam (4-membered cyclic amide) rings is 1. The van der Waals surface area contributed by atoms with Crippen molar-refractivity contribution in [3.05, 3.63) is 95.6 Å². The molecule has 6 atom stereocenters. The van der Waals surface area contributed by atoms with Crippen molar-refractivity contribution in [2.45, 2.75) is 35.8 Å². The highest BCUT2D eigenvalue weighted by Gasteiger charge is 2.88. The normalized spacial score (nSPS) is 33.7. The number of likely N-dealkylation sites (tertiary alicyclic amines) is 1. The number of hydrogen-bond donors (Lipinski definition) is 1. The smallest absolute Gasteiger partial charge is 0.317 e. The maximum Gasteiger partial charge on any atom is 0.317 e. The van der Waals surface area contributed by atoms with Crippen LogP contribution in [0.3, 0.4) is 0 Å². The Hall–Kier alpha value is -4.05. The van der Waals surface area contributed by atoms with E-state index in [1.807, 2.05) is 30.3 Å². The van der Waals surface area contributed by atoms with Crippen LogP contribution in [0.1, 0.15) is 33.8 Å². The van der Waals surface area contributed by atoms with Gasteiger partial charge in [0.05, 0.1) is 26.2 Å². The van der Waals surface area contributed by atoms with E-state index in [1.54, 1.807) is 72.5 Å². The Balaban J connectivity index is 1.47. The van der Waals surface area contributed by atoms with Crippen LogP contribution in [0.4, 0.5) is 5.69 Å². The van der Waals surface area contributed by atoms with Crippen LogP contribution in [0.25, 0.3) is 0 Å². The highest BCUT2D eigenvalue weighted by molar-refractivity contribution is 6.14. The van der Waals surface area contributed by atoms with Crippen molar-refractivity contribution in [3.63, 3.8) is 0 Å². The number of hydrogen-bond acceptors (Lipinski definition) is 8. The summed E-state index contributed by atoms with van der Waals surface area (Å²) in [5, 5.41) is 12.6. The van der Waals surface area contributed by atoms with Crippen molar-refractivity contribution in [1.29, 1.82) is 0 Å². The number of fused-ring (bicyclic) bond motifs is 2. The summed E-state index contributed by atoms with van der Waals surface area (Å²) in [4.78, 5) is 45.9. The summed E-state index contributed by atoms with van der Waals surface area (Å²) in [6.07, 6.45) is -0.877. The maximum atomic E-state index is 14.5. The van der Waals surface area contributed by atoms with E-state index in [9.17, 15) is 19.5 Å². The van der Waals surface area contributed by atoms with E-state index in [0.29, 0.717) is 29.1 Å². The fraction of sp³-hybridized carbons (Fsp3) is 0.344. The lowest BCUT2D eigenvalue weighted by Gasteiger charge is -2.53. The van der Waals surface area contributed by atoms with E-state index < -0.39 is 40.8 Å². The molecule has 1 amide bonds. The van der Waals surface area contributed by atoms with Gasteiger partial charge in [-0.3, -0.25) is 19.3 Å². The van der Waals surface area contributed by atoms with Gasteiger partial charge in [0.25, 0.3) is 0 Å². The second-order valence-corrected chi connectivity index (χ2v) is 11.2. The quantitative estimate of drug-likeness (QED) is 0.379. The van der Waals surface area contributed by atoms with Crippen molar-refractivity contribution >= 4 is 23.3 Å². The number of anilines is 1. The van der Waals surface area contributed by atoms with E-state index in [2.05, 4.69) is 0 Å². The molecule has 0 radical (unpaired) electrons. The third-order valence-corrected chi connectivity index (χ3v) is 9.71. The molecule has 41 heavy (non-hydrogen) atoms. The minimum absolute atomic E-state index is 0.175. The lowest BCUT2D eigenvalue weighted by molar-refractivity contribution is -0.238. The molecule has 9 nitrogen and oxygen atoms in total. The highest BCUT2D eigenvalue weighted by Crippen LogP contribution is 2.70. The molecule has 3 aromatic carbocycles. The van der Waals surface area contributed by atoms with Gasteiger partial charge in [-0.05, 0) is 43.3 Å². The topological polar surface area (TPSA) is 106 Å². The zero-order chi connectivity index (χ0) is 28.7. The molecule has 1 aliphatic carbocycles. The van der Waals surface area contributed by atoms with Crippen LogP contribution in [-0.2, 0) is 24.8 Å². The number of carbonyl (C=O) groups excluding carboxylic acids is 3. The van der Waals surface area contributed by atoms with Crippen LogP contribution >= 0.6 is 0 Å². The van der Waals surface area contributed by atoms with Crippen LogP contribution < -0.4 is 9.64 Å². The summed E-state index contributed by atoms with van der Waals surface area (Å²) in [7, 11) is 4.58. The summed E-state index contributed by atoms with van der Waals surface area (Å²) in [5.74, 6) is -3.41. The number of rotatable bonds is 5. The van der Waals surface area contributed by atoms with Gasteiger partial charge in [-0.15, -0.1) is 0 Å². The molecule has 9 heteroatoms. The third kappa shape index (κ3) is 2.88. The van der Waals surface area contributed by atoms with Crippen LogP contribution in [0.15, 0.2) is 78.9 Å². The van der Waals surface area contributed by atoms with Crippen molar-refractivity contribution in [2.75, 3.05) is 32.7 Å². The van der Waals surface area contributed by atoms with Gasteiger partial charge >= 0.3 is 5.97 Å². The Labute approximate surface area is 237 Å². The molecule has 0 aromatic heterocycles. The summed E-state index contributed by atoms with van der Waals surface area (Å²) < 4.78 is 17.5. The summed E-state index contributed by atoms with van der Waals surface area (Å²) in [6, 6.07) is 22.4. The third-order valence-electron chi connectivity index (χ3n) is 9.71. The monoisotopic (exact) mass is 554 g/mol. The molecule has 0 saturated carbocycles. The number of benzene rings is 3. The molecule has 3 heterocycles. The molecule has 3 fully saturated rings. The summed E-state index contributed by atoms with van der Waals surface area (Å²) in [5.41, 5.74) is -1.41. The predicted molar refractivity (Wildman–Crippen MR) is 147 cm³/mol. The molecular formula is C32H30N2O7. The van der Waals surface area contributed by atoms with Crippen LogP contribution in [-0.4, -0.2) is 73.2 Å². The van der Waals surface area contributed by atoms with Gasteiger partial charge in [-0.25, -0.2) is 0 Å². The van der Waals surface area contributed by atoms with Gasteiger partial charge in [0.2, 0.25) is 11.7 Å². The fourth-order valence-corrected chi connectivity index (χ4v) is 8.04. The second-order valence-electron chi connectivity index (χ2n) is 11.2. The molecule has 0 unspecified atom stereocenters. The second kappa shape index (κ2) is 8.72. The van der Waals surface area contributed by atoms with E-state index in [1.165, 1.54) is 7.11 Å². The Morgan fingerprint density at radius 3 is 2.34 bits per heavy atom. The number of ether oxygens (including phenoxy) is 3. The van der Waals surface area contributed by atoms with Crippen LogP contribution in [0.2, 0.25) is 0 Å². The number of Topliss-reactive ketones (excluding diaryl/α,β-unsaturated/α-hetero) is 1. The molecule has 1 spiro atoms. The molecule has 3 saturated heterocycles. The van der Waals surface area contributed by atoms with Gasteiger partial charge in [-0.2, -0.15) is 0 Å². The van der Waals surface area contributed by atoms with Gasteiger partial charge < -0.3 is 24.2 Å². The Kier molecular flexibility index (Phi) is 5.51. The number of esters is 1. The van der Waals surface area contributed by atoms with Gasteiger partial charge in [0, 0.05) is 23.4 Å². The molecule has 3 aliphatic heterocycles. The van der Waals surface area contributed by atoms with Gasteiger partial charge in [0.1, 0.15) is 17.3 Å². The van der Waals surface area contributed by atoms with E-state index in [4.69, 9.17) is 14.2 Å². The standard InChI is InChI=1S/C32H30N2O7/c1-33-18-17-30(29(37)40-3)27(41-32(38)23-12-8-7-11-22(23)26(35)31(30,32)33)25-24(19-9-5-4-6-10-19)28(36)34(25)20-13-15-21(39-2)16-14-20/h4-16,24-25,27,38H,17-18H2,1-3H3/t24-,25+,27-,30+,31+,32-/m1/s1. The first-order valence-corrected chi connectivity index (χ1v) is 13.6. The molecule has 1 N–H and O–H groups in total. The lowest BCUT2D eigenvalue weighted by Crippen LogP contribution is -2.71. The first-order valence-electron chi connectivity index (χ1n) is 13.6. The van der Waals surface area contributed by atoms with Crippen molar-refractivity contribution in [2.24, 2.45) is 5.41 Å². The van der Waals surface area contributed by atoms with Gasteiger partial charge in [-0.1, -0.05) is 54.6 Å². The Morgan fingerprint density at radius 1 is 0.976 bits per heavy atom. The molecule has 0 bridgehead atoms. The zero-order valence-corrected chi connectivity index (χ0v) is 22.9. The van der Waals surface area contributed by atoms with Crippen LogP contribution in [0.5, 0.6) is 5.75 Å². The fourth-order valence-electron chi connectivity index (χ4n) is 8.04. The van der Waals surface area contributed by atoms with E-state index in [0.717, 1.165) is 5.56 Å². The van der Waals surface area contributed by atoms with Crippen molar-refractivity contribution in [1.82, 2.24) is 4.90 Å². The zero-order valence-electron chi connectivity index (χ0n) is 22.9. The lowest BCUT2D eigenvalue weighted by atomic mass is 9.60. The summed E-state index contributed by atoms with van der Waals surface area (Å²) >= 11 is 0. The Bertz CT molecular complexity index is 1580. The minimum atomic E-state index is -2.14. The van der Waals surface area contributed by atoms with Crippen molar-refractivity contribution < 1.29 is 33.7 Å². The maximum absolute atomic E-state index is 14.5. The average Bonchev–Trinajstić information content (AvgIpc) is 3.52. The van der Waals surface area contributed by atoms with E-state index in [-0.39, 0.29) is 18.1 Å². The highest BCUT2D eigenvalue weighted by atomic mass is 16.7. The number of nitrogens with zero attached hydrogens (tertiary/aromatic N) is 2. The number of methoxy groups -OCH3 is 2. The largest absolute Gasteiger partial charge is 0.497 e. The predicted octanol–water partition coefficient (Wildman–Crippen LogP) is 2.87. The average molecular weight is 555 g/mol. The number of ketones is 1. The molecule has 3 aromatic rings. The van der Waals surface area contributed by atoms with Crippen molar-refractivity contribution in [3.8, 4) is 5.75 Å². The van der Waals surface area contributed by atoms with E-state index >= 15 is 0 Å². The molecule has 210 valence electrons. The summed E-state index contributed by atoms with van der Waals surface area (Å²) in [6.45, 7) is 0.343. The molecular weight excluding hydrogens is 524 g/mol. The number of amides is 1. The number of aliphatic hydroxyl groups is 1. The Morgan fingerprint density at radius 2 is 1.66 bits per heavy atom. The number of likely N-dealkylation sites (N-methyl/N-ethyl adjacent to an activating group) is 1. The number of carbonyl (C=O) groups is 3. The van der Waals surface area contributed by atoms with Crippen LogP contribution in [0, 0.1) is 5.41 Å². The first-order chi connectivity index (χ1) is 19.8. The first kappa shape index (κ1) is 25.9. The SMILES string of the molecule is COC(=O)[C@@]12CCN(C)[C@@]13C(=O)c1ccccc1[C@@]3(O)O[C@@H]2[C@@H]1[C@@H](c2ccccc2)C(=O)N1c1ccc(OC)cc1. The minimum Gasteiger partial charge on any atom is -0.497 e. The van der Waals surface area contributed by atoms with Gasteiger partial charge in [0.15, 0.2) is 11.3 Å². The molecule has 4 aliphatic rings. The molecule has 7 rings (SSSR count).